The molecule has 0 aromatic rings. The molecular formula is C6H9Cl3. The average Bonchev–Trinajstić information content (AvgIpc) is 1.70. The summed E-state index contributed by atoms with van der Waals surface area (Å²) in [6.07, 6.45) is 0. The fourth-order valence-electron chi connectivity index (χ4n) is 0. The molecule has 3 heteroatoms. The topological polar surface area (TPSA) is 0 Å². The fourth-order valence-corrected chi connectivity index (χ4v) is 0. The van der Waals surface area contributed by atoms with E-state index in [1.165, 1.54) is 16.6 Å². The third-order valence-electron chi connectivity index (χ3n) is 0. The summed E-state index contributed by atoms with van der Waals surface area (Å²) in [6.45, 7) is 9.38. The Hall–Kier alpha value is 0.0900. The van der Waals surface area contributed by atoms with Gasteiger partial charge in [0.15, 0.2) is 0 Å². The Kier molecular flexibility index (Phi) is 75.9. The van der Waals surface area contributed by atoms with Crippen LogP contribution in [0.3, 0.4) is 0 Å². The summed E-state index contributed by atoms with van der Waals surface area (Å²) in [5.41, 5.74) is 3.67. The van der Waals surface area contributed by atoms with Crippen LogP contribution in [0.5, 0.6) is 0 Å². The van der Waals surface area contributed by atoms with E-state index in [1.54, 1.807) is 0 Å². The summed E-state index contributed by atoms with van der Waals surface area (Å²) in [5.74, 6) is 0. The molecule has 0 spiro atoms. The lowest BCUT2D eigenvalue weighted by molar-refractivity contribution is 2.63. The first-order chi connectivity index (χ1) is 4.24. The van der Waals surface area contributed by atoms with E-state index in [0.29, 0.717) is 0 Å². The Morgan fingerprint density at radius 3 is 0.667 bits per heavy atom. The van der Waals surface area contributed by atoms with Crippen molar-refractivity contribution in [2.24, 2.45) is 0 Å². The molecule has 0 bridgehead atoms. The average molecular weight is 187 g/mol. The minimum Gasteiger partial charge on any atom is -0.0936 e. The maximum absolute atomic E-state index is 4.76. The molecule has 0 radical (unpaired) electrons. The zero-order chi connectivity index (χ0) is 8.12. The van der Waals surface area contributed by atoms with Crippen molar-refractivity contribution in [2.45, 2.75) is 0 Å². The summed E-state index contributed by atoms with van der Waals surface area (Å²) >= 11 is 14.3. The molecule has 54 valence electrons. The lowest BCUT2D eigenvalue weighted by Crippen LogP contribution is -0.926. The van der Waals surface area contributed by atoms with Gasteiger partial charge in [-0.05, 0) is 16.6 Å². The molecule has 0 saturated heterocycles. The van der Waals surface area contributed by atoms with Crippen LogP contribution in [-0.4, -0.2) is 0 Å². The highest BCUT2D eigenvalue weighted by Gasteiger charge is 1.18. The van der Waals surface area contributed by atoms with E-state index in [4.69, 9.17) is 34.8 Å². The van der Waals surface area contributed by atoms with Gasteiger partial charge in [-0.2, -0.15) is 0 Å². The molecule has 0 atom stereocenters. The molecule has 0 aliphatic rings. The second kappa shape index (κ2) is 42.6. The summed E-state index contributed by atoms with van der Waals surface area (Å²) < 4.78 is 0. The Balaban J connectivity index is -0.0000000600. The van der Waals surface area contributed by atoms with Gasteiger partial charge in [-0.25, -0.2) is 0 Å². The van der Waals surface area contributed by atoms with E-state index in [0.717, 1.165) is 0 Å². The predicted octanol–water partition coefficient (Wildman–Crippen LogP) is 4.11. The van der Waals surface area contributed by atoms with Crippen molar-refractivity contribution < 1.29 is 0 Å². The smallest absolute Gasteiger partial charge is 0.00296 e. The molecule has 0 aliphatic carbocycles. The third kappa shape index (κ3) is 37000. The van der Waals surface area contributed by atoms with Gasteiger partial charge in [0, 0.05) is 0 Å². The first kappa shape index (κ1) is 16.0. The van der Waals surface area contributed by atoms with Gasteiger partial charge in [-0.15, -0.1) is 0 Å². The highest BCUT2D eigenvalue weighted by atomic mass is 35.5. The molecule has 0 aromatic heterocycles. The number of halogens is 3. The van der Waals surface area contributed by atoms with E-state index in [1.807, 2.05) is 0 Å². The standard InChI is InChI=1S/3C2H3Cl/c3*1-2-3/h3*2H,1H2. The van der Waals surface area contributed by atoms with Gasteiger partial charge in [-0.1, -0.05) is 54.5 Å². The van der Waals surface area contributed by atoms with Crippen LogP contribution in [0.25, 0.3) is 0 Å². The Morgan fingerprint density at radius 2 is 0.667 bits per heavy atom. The number of hydrogen-bond donors (Lipinski definition) is 0. The fraction of sp³-hybridized carbons (Fsp3) is 0. The van der Waals surface area contributed by atoms with E-state index < -0.39 is 0 Å². The molecule has 0 saturated carbocycles. The van der Waals surface area contributed by atoms with Crippen LogP contribution in [0.2, 0.25) is 0 Å². The van der Waals surface area contributed by atoms with Crippen LogP contribution in [0, 0.1) is 0 Å². The van der Waals surface area contributed by atoms with E-state index in [2.05, 4.69) is 19.7 Å². The molecule has 0 nitrogen and oxygen atoms in total. The van der Waals surface area contributed by atoms with Crippen molar-refractivity contribution >= 4 is 34.8 Å². The maximum Gasteiger partial charge on any atom is -0.00296 e. The monoisotopic (exact) mass is 186 g/mol. The van der Waals surface area contributed by atoms with Crippen molar-refractivity contribution in [2.75, 3.05) is 0 Å². The van der Waals surface area contributed by atoms with Crippen molar-refractivity contribution in [3.63, 3.8) is 0 Å². The Morgan fingerprint density at radius 1 is 0.667 bits per heavy atom. The molecule has 0 aromatic carbocycles. The Labute approximate surface area is 71.4 Å². The van der Waals surface area contributed by atoms with Gasteiger partial charge in [-0.3, -0.25) is 0 Å². The summed E-state index contributed by atoms with van der Waals surface area (Å²) in [7, 11) is 0. The van der Waals surface area contributed by atoms with E-state index >= 15 is 0 Å². The van der Waals surface area contributed by atoms with Crippen molar-refractivity contribution in [3.05, 3.63) is 36.3 Å². The molecule has 0 rings (SSSR count). The molecule has 0 fully saturated rings. The van der Waals surface area contributed by atoms with Gasteiger partial charge >= 0.3 is 0 Å². The maximum atomic E-state index is 4.76. The highest BCUT2D eigenvalue weighted by molar-refractivity contribution is 6.25. The van der Waals surface area contributed by atoms with E-state index in [-0.39, 0.29) is 0 Å². The summed E-state index contributed by atoms with van der Waals surface area (Å²) in [6, 6.07) is 0. The lowest BCUT2D eigenvalue weighted by atomic mass is 11.3. The van der Waals surface area contributed by atoms with Crippen molar-refractivity contribution in [1.82, 2.24) is 0 Å². The predicted molar refractivity (Wildman–Crippen MR) is 48.2 cm³/mol. The van der Waals surface area contributed by atoms with Crippen LogP contribution in [0.15, 0.2) is 36.3 Å². The van der Waals surface area contributed by atoms with Gasteiger partial charge < -0.3 is 0 Å². The molecule has 0 unspecified atom stereocenters. The lowest BCUT2D eigenvalue weighted by Gasteiger charge is -1.27. The molecular weight excluding hydrogens is 178 g/mol. The quantitative estimate of drug-likeness (QED) is 0.535. The van der Waals surface area contributed by atoms with Gasteiger partial charge in [0.25, 0.3) is 0 Å². The van der Waals surface area contributed by atoms with Gasteiger partial charge in [0.1, 0.15) is 0 Å². The van der Waals surface area contributed by atoms with Crippen LogP contribution in [-0.2, 0) is 0 Å². The highest BCUT2D eigenvalue weighted by Crippen LogP contribution is 1.61. The normalized spacial score (nSPS) is 4.33. The zero-order valence-corrected chi connectivity index (χ0v) is 7.26. The first-order valence-electron chi connectivity index (χ1n) is 1.88. The SMILES string of the molecule is C=CCl.C=CCl.C=CCl. The molecule has 0 aliphatic heterocycles. The number of rotatable bonds is 0. The summed E-state index contributed by atoms with van der Waals surface area (Å²) in [5, 5.41) is 0. The molecule has 0 N–H and O–H groups in total. The molecule has 9 heavy (non-hydrogen) atoms. The minimum atomic E-state index is 1.22. The van der Waals surface area contributed by atoms with Crippen LogP contribution < -0.4 is 0 Å². The largest absolute Gasteiger partial charge is 0.0936 e. The molecule has 0 heterocycles. The van der Waals surface area contributed by atoms with Crippen molar-refractivity contribution in [3.8, 4) is 0 Å². The van der Waals surface area contributed by atoms with Gasteiger partial charge in [0.05, 0.1) is 0 Å². The van der Waals surface area contributed by atoms with Crippen LogP contribution in [0.4, 0.5) is 0 Å². The van der Waals surface area contributed by atoms with Crippen LogP contribution in [0.1, 0.15) is 0 Å². The second-order valence-corrected chi connectivity index (χ2v) is 1.39. The minimum absolute atomic E-state index is 1.22. The van der Waals surface area contributed by atoms with Crippen LogP contribution >= 0.6 is 34.8 Å². The third-order valence-corrected chi connectivity index (χ3v) is 0. The first-order valence-corrected chi connectivity index (χ1v) is 3.19. The zero-order valence-electron chi connectivity index (χ0n) is 4.99. The number of hydrogen-bond acceptors (Lipinski definition) is 0. The van der Waals surface area contributed by atoms with Crippen molar-refractivity contribution in [1.29, 1.82) is 0 Å². The second-order valence-electron chi connectivity index (χ2n) is 0.463. The van der Waals surface area contributed by atoms with Gasteiger partial charge in [0.2, 0.25) is 0 Å². The van der Waals surface area contributed by atoms with E-state index in [9.17, 15) is 0 Å². The summed E-state index contributed by atoms with van der Waals surface area (Å²) in [4.78, 5) is 0. The Bertz CT molecular complexity index is 45.1. The molecule has 0 amide bonds.